The zero-order valence-corrected chi connectivity index (χ0v) is 15.8. The molecule has 3 fully saturated rings. The minimum absolute atomic E-state index is 0.000623. The molecule has 3 rings (SSSR count). The fraction of sp³-hybridized carbons (Fsp3) is 0.895. The molecule has 0 aromatic carbocycles. The average Bonchev–Trinajstić information content (AvgIpc) is 3.16. The molecular weight excluding hydrogens is 334 g/mol. The van der Waals surface area contributed by atoms with E-state index in [1.165, 1.54) is 19.3 Å². The number of hydrogen-bond acceptors (Lipinski definition) is 4. The second-order valence-electron chi connectivity index (χ2n) is 7.86. The second-order valence-corrected chi connectivity index (χ2v) is 7.86. The van der Waals surface area contributed by atoms with Crippen LogP contribution in [-0.4, -0.2) is 56.0 Å². The van der Waals surface area contributed by atoms with Gasteiger partial charge in [0.05, 0.1) is 30.9 Å². The summed E-state index contributed by atoms with van der Waals surface area (Å²) in [6.45, 7) is 4.01. The molecule has 1 aliphatic carbocycles. The molecule has 0 bridgehead atoms. The van der Waals surface area contributed by atoms with Crippen LogP contribution in [0.4, 0.5) is 4.79 Å². The van der Waals surface area contributed by atoms with Crippen molar-refractivity contribution in [1.29, 1.82) is 0 Å². The lowest BCUT2D eigenvalue weighted by Crippen LogP contribution is -2.61. The number of carbonyl (C=O) groups excluding carboxylic acids is 2. The maximum atomic E-state index is 12.2. The summed E-state index contributed by atoms with van der Waals surface area (Å²) in [7, 11) is 0. The summed E-state index contributed by atoms with van der Waals surface area (Å²) in [5.41, 5.74) is 0. The molecule has 0 spiro atoms. The maximum absolute atomic E-state index is 12.2. The molecule has 5 atom stereocenters. The quantitative estimate of drug-likeness (QED) is 0.624. The van der Waals surface area contributed by atoms with Crippen molar-refractivity contribution in [2.24, 2.45) is 5.92 Å². The Morgan fingerprint density at radius 2 is 2.08 bits per heavy atom. The number of amides is 3. The van der Waals surface area contributed by atoms with Crippen molar-refractivity contribution in [2.45, 2.75) is 82.6 Å². The Morgan fingerprint density at radius 3 is 2.85 bits per heavy atom. The molecule has 2 aliphatic heterocycles. The van der Waals surface area contributed by atoms with Gasteiger partial charge in [-0.2, -0.15) is 0 Å². The van der Waals surface area contributed by atoms with Gasteiger partial charge in [-0.1, -0.05) is 19.8 Å². The van der Waals surface area contributed by atoms with E-state index in [1.54, 1.807) is 0 Å². The second kappa shape index (κ2) is 9.55. The minimum Gasteiger partial charge on any atom is -0.376 e. The van der Waals surface area contributed by atoms with Crippen molar-refractivity contribution in [2.75, 3.05) is 19.8 Å². The van der Waals surface area contributed by atoms with Crippen LogP contribution in [0.5, 0.6) is 0 Å². The lowest BCUT2D eigenvalue weighted by atomic mass is 9.88. The van der Waals surface area contributed by atoms with Gasteiger partial charge in [-0.05, 0) is 38.0 Å². The van der Waals surface area contributed by atoms with E-state index in [-0.39, 0.29) is 30.1 Å². The van der Waals surface area contributed by atoms with Crippen LogP contribution in [0, 0.1) is 5.92 Å². The fourth-order valence-corrected chi connectivity index (χ4v) is 4.35. The molecule has 7 nitrogen and oxygen atoms in total. The number of urea groups is 1. The van der Waals surface area contributed by atoms with E-state index in [2.05, 4.69) is 22.9 Å². The number of piperidine rings is 1. The Kier molecular flexibility index (Phi) is 7.14. The van der Waals surface area contributed by atoms with Crippen LogP contribution in [0.3, 0.4) is 0 Å². The highest BCUT2D eigenvalue weighted by molar-refractivity contribution is 5.79. The van der Waals surface area contributed by atoms with Crippen LogP contribution in [-0.2, 0) is 14.3 Å². The highest BCUT2D eigenvalue weighted by Gasteiger charge is 2.37. The van der Waals surface area contributed by atoms with Crippen molar-refractivity contribution >= 4 is 11.9 Å². The first kappa shape index (κ1) is 19.4. The van der Waals surface area contributed by atoms with Crippen molar-refractivity contribution in [3.63, 3.8) is 0 Å². The summed E-state index contributed by atoms with van der Waals surface area (Å²) in [6.07, 6.45) is 8.25. The highest BCUT2D eigenvalue weighted by atomic mass is 16.5. The number of ether oxygens (including phenoxy) is 2. The maximum Gasteiger partial charge on any atom is 0.315 e. The topological polar surface area (TPSA) is 88.7 Å². The predicted octanol–water partition coefficient (Wildman–Crippen LogP) is 1.71. The predicted molar refractivity (Wildman–Crippen MR) is 97.8 cm³/mol. The molecule has 0 radical (unpaired) electrons. The molecule has 0 aromatic rings. The van der Waals surface area contributed by atoms with Crippen LogP contribution in [0.2, 0.25) is 0 Å². The van der Waals surface area contributed by atoms with Crippen molar-refractivity contribution in [3.05, 3.63) is 0 Å². The van der Waals surface area contributed by atoms with E-state index in [4.69, 9.17) is 9.47 Å². The van der Waals surface area contributed by atoms with Gasteiger partial charge in [0.15, 0.2) is 0 Å². The van der Waals surface area contributed by atoms with E-state index >= 15 is 0 Å². The zero-order chi connectivity index (χ0) is 18.4. The molecule has 0 aromatic heterocycles. The molecule has 3 aliphatic rings. The van der Waals surface area contributed by atoms with E-state index in [0.717, 1.165) is 25.9 Å². The van der Waals surface area contributed by atoms with Gasteiger partial charge in [0, 0.05) is 19.6 Å². The van der Waals surface area contributed by atoms with E-state index in [1.807, 2.05) is 0 Å². The molecule has 7 heteroatoms. The summed E-state index contributed by atoms with van der Waals surface area (Å²) >= 11 is 0. The van der Waals surface area contributed by atoms with E-state index in [0.29, 0.717) is 38.0 Å². The number of hydrogen-bond donors (Lipinski definition) is 3. The molecule has 2 heterocycles. The van der Waals surface area contributed by atoms with Gasteiger partial charge in [0.25, 0.3) is 0 Å². The van der Waals surface area contributed by atoms with Crippen LogP contribution < -0.4 is 16.0 Å². The molecule has 1 saturated carbocycles. The molecule has 2 saturated heterocycles. The number of nitrogens with one attached hydrogen (secondary N) is 3. The Bertz CT molecular complexity index is 481. The smallest absolute Gasteiger partial charge is 0.315 e. The number of rotatable bonds is 6. The van der Waals surface area contributed by atoms with Crippen molar-refractivity contribution in [1.82, 2.24) is 16.0 Å². The van der Waals surface area contributed by atoms with Crippen LogP contribution in [0.15, 0.2) is 0 Å². The molecular formula is C19H33N3O4. The van der Waals surface area contributed by atoms with E-state index in [9.17, 15) is 9.59 Å². The van der Waals surface area contributed by atoms with Crippen LogP contribution >= 0.6 is 0 Å². The van der Waals surface area contributed by atoms with Crippen molar-refractivity contribution in [3.8, 4) is 0 Å². The van der Waals surface area contributed by atoms with Crippen molar-refractivity contribution < 1.29 is 19.1 Å². The third kappa shape index (κ3) is 5.33. The molecule has 26 heavy (non-hydrogen) atoms. The molecule has 3 amide bonds. The largest absolute Gasteiger partial charge is 0.376 e. The Morgan fingerprint density at radius 1 is 1.23 bits per heavy atom. The van der Waals surface area contributed by atoms with Gasteiger partial charge >= 0.3 is 6.03 Å². The first-order chi connectivity index (χ1) is 12.6. The summed E-state index contributed by atoms with van der Waals surface area (Å²) < 4.78 is 11.7. The molecule has 148 valence electrons. The first-order valence-electron chi connectivity index (χ1n) is 10.2. The lowest BCUT2D eigenvalue weighted by molar-refractivity contribution is -0.125. The highest BCUT2D eigenvalue weighted by Crippen LogP contribution is 2.26. The molecule has 3 N–H and O–H groups in total. The van der Waals surface area contributed by atoms with Gasteiger partial charge in [-0.25, -0.2) is 4.79 Å². The first-order valence-corrected chi connectivity index (χ1v) is 10.2. The summed E-state index contributed by atoms with van der Waals surface area (Å²) in [6, 6.07) is -0.423. The lowest BCUT2D eigenvalue weighted by Gasteiger charge is -2.36. The summed E-state index contributed by atoms with van der Waals surface area (Å²) in [5, 5.41) is 8.89. The molecule has 5 unspecified atom stereocenters. The number of carbonyl (C=O) groups is 2. The monoisotopic (exact) mass is 367 g/mol. The Hall–Kier alpha value is -1.34. The van der Waals surface area contributed by atoms with Gasteiger partial charge in [-0.3, -0.25) is 4.79 Å². The van der Waals surface area contributed by atoms with Gasteiger partial charge in [0.2, 0.25) is 5.91 Å². The SMILES string of the molecule is CC1CCCCC1OCCNC(=O)NC1CCC(=O)NC1C1CCCO1. The summed E-state index contributed by atoms with van der Waals surface area (Å²) in [4.78, 5) is 24.0. The fourth-order valence-electron chi connectivity index (χ4n) is 4.35. The zero-order valence-electron chi connectivity index (χ0n) is 15.8. The van der Waals surface area contributed by atoms with Gasteiger partial charge in [-0.15, -0.1) is 0 Å². The van der Waals surface area contributed by atoms with Gasteiger partial charge in [0.1, 0.15) is 0 Å². The van der Waals surface area contributed by atoms with Crippen LogP contribution in [0.25, 0.3) is 0 Å². The summed E-state index contributed by atoms with van der Waals surface area (Å²) in [5.74, 6) is 0.648. The third-order valence-corrected chi connectivity index (χ3v) is 5.88. The Labute approximate surface area is 155 Å². The minimum atomic E-state index is -0.200. The standard InChI is InChI=1S/C19H33N3O4/c1-13-5-2-3-6-15(13)26-12-10-20-19(24)21-14-8-9-17(23)22-18(14)16-7-4-11-25-16/h13-16,18H,2-12H2,1H3,(H,22,23)(H2,20,21,24). The third-order valence-electron chi connectivity index (χ3n) is 5.88. The Balaban J connectivity index is 1.38. The van der Waals surface area contributed by atoms with Gasteiger partial charge < -0.3 is 25.4 Å². The average molecular weight is 367 g/mol. The van der Waals surface area contributed by atoms with Crippen LogP contribution in [0.1, 0.15) is 58.3 Å². The normalized spacial score (nSPS) is 35.0. The van der Waals surface area contributed by atoms with E-state index < -0.39 is 0 Å².